The summed E-state index contributed by atoms with van der Waals surface area (Å²) in [6.07, 6.45) is 1.09. The van der Waals surface area contributed by atoms with Gasteiger partial charge in [-0.2, -0.15) is 0 Å². The average molecular weight is 387 g/mol. The van der Waals surface area contributed by atoms with E-state index in [1.807, 2.05) is 22.9 Å². The lowest BCUT2D eigenvalue weighted by Gasteiger charge is -2.18. The Bertz CT molecular complexity index is 841. The second-order valence-corrected chi connectivity index (χ2v) is 7.92. The standard InChI is InChI=1S/C19H25N5O4/c1-11(2)5-6-20-13-8-25-18-14(9-26-17(13)18)24-19(21-22-23-24)12-3-4-15-16(7-12)28-10-27-15/h3-4,7,11,13-14,17-18,20H,5-6,8-10H2,1-2H3/t13-,14-,17+,18+/m0/s1. The molecule has 1 aromatic carbocycles. The van der Waals surface area contributed by atoms with Crippen LogP contribution in [0.3, 0.4) is 0 Å². The van der Waals surface area contributed by atoms with Crippen LogP contribution in [0, 0.1) is 5.92 Å². The first-order valence-corrected chi connectivity index (χ1v) is 9.85. The molecule has 2 fully saturated rings. The van der Waals surface area contributed by atoms with Crippen LogP contribution in [0.1, 0.15) is 26.3 Å². The molecule has 1 aromatic heterocycles. The summed E-state index contributed by atoms with van der Waals surface area (Å²) in [7, 11) is 0. The first-order chi connectivity index (χ1) is 13.7. The van der Waals surface area contributed by atoms with E-state index in [-0.39, 0.29) is 31.1 Å². The Labute approximate surface area is 163 Å². The highest BCUT2D eigenvalue weighted by Crippen LogP contribution is 2.38. The van der Waals surface area contributed by atoms with E-state index in [4.69, 9.17) is 18.9 Å². The third kappa shape index (κ3) is 3.13. The molecule has 0 aliphatic carbocycles. The Morgan fingerprint density at radius 2 is 2.00 bits per heavy atom. The molecule has 0 bridgehead atoms. The summed E-state index contributed by atoms with van der Waals surface area (Å²) in [6, 6.07) is 5.88. The van der Waals surface area contributed by atoms with E-state index in [1.165, 1.54) is 0 Å². The zero-order valence-corrected chi connectivity index (χ0v) is 16.1. The highest BCUT2D eigenvalue weighted by molar-refractivity contribution is 5.61. The molecule has 3 aliphatic rings. The highest BCUT2D eigenvalue weighted by Gasteiger charge is 2.49. The van der Waals surface area contributed by atoms with Crippen LogP contribution in [-0.2, 0) is 9.47 Å². The highest BCUT2D eigenvalue weighted by atomic mass is 16.7. The number of fused-ring (bicyclic) bond motifs is 2. The molecule has 5 rings (SSSR count). The van der Waals surface area contributed by atoms with Crippen molar-refractivity contribution in [1.29, 1.82) is 0 Å². The lowest BCUT2D eigenvalue weighted by atomic mass is 10.0. The number of hydrogen-bond donors (Lipinski definition) is 1. The van der Waals surface area contributed by atoms with Crippen molar-refractivity contribution in [3.63, 3.8) is 0 Å². The number of hydrogen-bond acceptors (Lipinski definition) is 8. The van der Waals surface area contributed by atoms with Gasteiger partial charge in [0.05, 0.1) is 19.3 Å². The molecule has 9 nitrogen and oxygen atoms in total. The van der Waals surface area contributed by atoms with Crippen molar-refractivity contribution < 1.29 is 18.9 Å². The van der Waals surface area contributed by atoms with Crippen LogP contribution in [0.2, 0.25) is 0 Å². The van der Waals surface area contributed by atoms with Crippen LogP contribution in [0.5, 0.6) is 11.5 Å². The third-order valence-electron chi connectivity index (χ3n) is 5.59. The van der Waals surface area contributed by atoms with Crippen LogP contribution in [0.4, 0.5) is 0 Å². The second-order valence-electron chi connectivity index (χ2n) is 7.92. The first kappa shape index (κ1) is 17.8. The molecule has 0 amide bonds. The Hall–Kier alpha value is -2.23. The Morgan fingerprint density at radius 3 is 2.89 bits per heavy atom. The van der Waals surface area contributed by atoms with Crippen LogP contribution < -0.4 is 14.8 Å². The monoisotopic (exact) mass is 387 g/mol. The molecule has 0 unspecified atom stereocenters. The predicted octanol–water partition coefficient (Wildman–Crippen LogP) is 1.41. The predicted molar refractivity (Wildman–Crippen MR) is 99.1 cm³/mol. The van der Waals surface area contributed by atoms with Gasteiger partial charge in [-0.25, -0.2) is 4.68 Å². The Kier molecular flexibility index (Phi) is 4.65. The summed E-state index contributed by atoms with van der Waals surface area (Å²) in [5.74, 6) is 2.79. The maximum Gasteiger partial charge on any atom is 0.231 e. The van der Waals surface area contributed by atoms with Crippen molar-refractivity contribution in [2.75, 3.05) is 26.6 Å². The topological polar surface area (TPSA) is 92.6 Å². The second kappa shape index (κ2) is 7.31. The summed E-state index contributed by atoms with van der Waals surface area (Å²) in [5.41, 5.74) is 0.877. The van der Waals surface area contributed by atoms with Crippen LogP contribution >= 0.6 is 0 Å². The van der Waals surface area contributed by atoms with Crippen LogP contribution in [-0.4, -0.2) is 65.0 Å². The molecule has 0 radical (unpaired) electrons. The molecular weight excluding hydrogens is 362 g/mol. The van der Waals surface area contributed by atoms with Gasteiger partial charge < -0.3 is 24.3 Å². The molecule has 28 heavy (non-hydrogen) atoms. The summed E-state index contributed by atoms with van der Waals surface area (Å²) in [6.45, 7) is 6.84. The minimum atomic E-state index is -0.0622. The lowest BCUT2D eigenvalue weighted by Crippen LogP contribution is -2.41. The number of ether oxygens (including phenoxy) is 4. The molecule has 9 heteroatoms. The normalized spacial score (nSPS) is 28.2. The molecular formula is C19H25N5O4. The molecule has 0 spiro atoms. The van der Waals surface area contributed by atoms with E-state index in [2.05, 4.69) is 34.7 Å². The minimum Gasteiger partial charge on any atom is -0.454 e. The van der Waals surface area contributed by atoms with Crippen molar-refractivity contribution in [1.82, 2.24) is 25.5 Å². The molecule has 2 saturated heterocycles. The molecule has 4 heterocycles. The molecule has 0 saturated carbocycles. The van der Waals surface area contributed by atoms with Crippen molar-refractivity contribution >= 4 is 0 Å². The molecule has 2 aromatic rings. The fourth-order valence-corrected chi connectivity index (χ4v) is 4.06. The number of nitrogens with zero attached hydrogens (tertiary/aromatic N) is 4. The van der Waals surface area contributed by atoms with E-state index in [9.17, 15) is 0 Å². The van der Waals surface area contributed by atoms with Gasteiger partial charge in [-0.3, -0.25) is 0 Å². The maximum absolute atomic E-state index is 6.10. The summed E-state index contributed by atoms with van der Waals surface area (Å²) in [5, 5.41) is 16.0. The molecule has 3 aliphatic heterocycles. The molecule has 150 valence electrons. The zero-order chi connectivity index (χ0) is 19.1. The number of rotatable bonds is 6. The third-order valence-corrected chi connectivity index (χ3v) is 5.59. The van der Waals surface area contributed by atoms with Crippen molar-refractivity contribution in [3.8, 4) is 22.9 Å². The van der Waals surface area contributed by atoms with Gasteiger partial charge in [0.1, 0.15) is 18.2 Å². The molecule has 4 atom stereocenters. The van der Waals surface area contributed by atoms with Gasteiger partial charge in [0.2, 0.25) is 6.79 Å². The minimum absolute atomic E-state index is 0.0194. The van der Waals surface area contributed by atoms with E-state index in [0.717, 1.165) is 24.3 Å². The van der Waals surface area contributed by atoms with Crippen molar-refractivity contribution in [3.05, 3.63) is 18.2 Å². The van der Waals surface area contributed by atoms with Gasteiger partial charge in [0.25, 0.3) is 0 Å². The Morgan fingerprint density at radius 1 is 1.14 bits per heavy atom. The molecule has 1 N–H and O–H groups in total. The van der Waals surface area contributed by atoms with E-state index in [1.54, 1.807) is 0 Å². The van der Waals surface area contributed by atoms with E-state index in [0.29, 0.717) is 30.7 Å². The SMILES string of the molecule is CC(C)CCN[C@H]1CO[C@H]2[C@@H]1OC[C@@H]2n1nnnc1-c1ccc2c(c1)OCO2. The van der Waals surface area contributed by atoms with E-state index < -0.39 is 0 Å². The lowest BCUT2D eigenvalue weighted by molar-refractivity contribution is 0.0621. The van der Waals surface area contributed by atoms with Gasteiger partial charge in [-0.15, -0.1) is 5.10 Å². The van der Waals surface area contributed by atoms with Gasteiger partial charge in [0.15, 0.2) is 17.3 Å². The van der Waals surface area contributed by atoms with Gasteiger partial charge >= 0.3 is 0 Å². The van der Waals surface area contributed by atoms with Crippen LogP contribution in [0.15, 0.2) is 18.2 Å². The van der Waals surface area contributed by atoms with Gasteiger partial charge in [-0.1, -0.05) is 13.8 Å². The quantitative estimate of drug-likeness (QED) is 0.795. The van der Waals surface area contributed by atoms with E-state index >= 15 is 0 Å². The van der Waals surface area contributed by atoms with Crippen LogP contribution in [0.25, 0.3) is 11.4 Å². The fourth-order valence-electron chi connectivity index (χ4n) is 4.06. The van der Waals surface area contributed by atoms with Crippen molar-refractivity contribution in [2.45, 2.75) is 44.6 Å². The smallest absolute Gasteiger partial charge is 0.231 e. The number of nitrogens with one attached hydrogen (secondary N) is 1. The summed E-state index contributed by atoms with van der Waals surface area (Å²) < 4.78 is 24.9. The van der Waals surface area contributed by atoms with Crippen molar-refractivity contribution in [2.24, 2.45) is 5.92 Å². The zero-order valence-electron chi connectivity index (χ0n) is 16.1. The Balaban J connectivity index is 1.33. The first-order valence-electron chi connectivity index (χ1n) is 9.85. The van der Waals surface area contributed by atoms with Gasteiger partial charge in [-0.05, 0) is 47.5 Å². The largest absolute Gasteiger partial charge is 0.454 e. The number of tetrazole rings is 1. The summed E-state index contributed by atoms with van der Waals surface area (Å²) in [4.78, 5) is 0. The maximum atomic E-state index is 6.10. The van der Waals surface area contributed by atoms with Gasteiger partial charge in [0, 0.05) is 5.56 Å². The fraction of sp³-hybridized carbons (Fsp3) is 0.632. The average Bonchev–Trinajstić information content (AvgIpc) is 3.45. The number of aromatic nitrogens is 4. The summed E-state index contributed by atoms with van der Waals surface area (Å²) >= 11 is 0. The number of benzene rings is 1.